The van der Waals surface area contributed by atoms with Gasteiger partial charge in [0, 0.05) is 26.1 Å². The number of hydrogen-bond acceptors (Lipinski definition) is 3. The summed E-state index contributed by atoms with van der Waals surface area (Å²) < 4.78 is 5.54. The van der Waals surface area contributed by atoms with E-state index in [0.717, 1.165) is 38.3 Å². The van der Waals surface area contributed by atoms with Gasteiger partial charge in [0.05, 0.1) is 12.6 Å². The Hall–Kier alpha value is -2.33. The van der Waals surface area contributed by atoms with Crippen molar-refractivity contribution in [3.8, 4) is 5.75 Å². The molecule has 1 atom stereocenters. The molecule has 1 N–H and O–H groups in total. The Morgan fingerprint density at radius 1 is 1.12 bits per heavy atom. The lowest BCUT2D eigenvalue weighted by atomic mass is 10.1. The fourth-order valence-corrected chi connectivity index (χ4v) is 3.48. The molecule has 4 nitrogen and oxygen atoms in total. The van der Waals surface area contributed by atoms with Crippen LogP contribution in [-0.4, -0.2) is 30.0 Å². The molecule has 0 unspecified atom stereocenters. The lowest BCUT2D eigenvalue weighted by molar-refractivity contribution is -0.129. The number of nitrogens with one attached hydrogen (secondary N) is 1. The summed E-state index contributed by atoms with van der Waals surface area (Å²) in [6.45, 7) is 3.03. The standard InChI is InChI=1S/C20H22N2O2/c23-20-18(8-10-22(20)14-15-4-2-1-3-5-15)21-13-16-6-7-19-17(12-16)9-11-24-19/h1-7,12,18,21H,8-11,13-14H2/t18-/m0/s1. The smallest absolute Gasteiger partial charge is 0.240 e. The Bertz CT molecular complexity index is 730. The van der Waals surface area contributed by atoms with Gasteiger partial charge in [-0.2, -0.15) is 0 Å². The maximum atomic E-state index is 12.6. The van der Waals surface area contributed by atoms with Gasteiger partial charge in [-0.15, -0.1) is 0 Å². The molecule has 1 amide bonds. The van der Waals surface area contributed by atoms with Crippen LogP contribution in [0.5, 0.6) is 5.75 Å². The van der Waals surface area contributed by atoms with Crippen molar-refractivity contribution in [3.05, 3.63) is 65.2 Å². The monoisotopic (exact) mass is 322 g/mol. The van der Waals surface area contributed by atoms with Gasteiger partial charge in [-0.3, -0.25) is 4.79 Å². The van der Waals surface area contributed by atoms with Crippen LogP contribution in [0.2, 0.25) is 0 Å². The van der Waals surface area contributed by atoms with Crippen molar-refractivity contribution in [1.29, 1.82) is 0 Å². The molecule has 0 radical (unpaired) electrons. The first kappa shape index (κ1) is 15.2. The molecular weight excluding hydrogens is 300 g/mol. The van der Waals surface area contributed by atoms with Crippen molar-refractivity contribution in [2.24, 2.45) is 0 Å². The molecule has 2 aromatic rings. The van der Waals surface area contributed by atoms with Crippen LogP contribution < -0.4 is 10.1 Å². The normalized spacial score (nSPS) is 19.4. The summed E-state index contributed by atoms with van der Waals surface area (Å²) in [5, 5.41) is 3.42. The van der Waals surface area contributed by atoms with Crippen LogP contribution in [0.4, 0.5) is 0 Å². The zero-order chi connectivity index (χ0) is 16.4. The summed E-state index contributed by atoms with van der Waals surface area (Å²) >= 11 is 0. The van der Waals surface area contributed by atoms with E-state index < -0.39 is 0 Å². The third-order valence-corrected chi connectivity index (χ3v) is 4.82. The zero-order valence-electron chi connectivity index (χ0n) is 13.7. The van der Waals surface area contributed by atoms with E-state index in [0.29, 0.717) is 6.54 Å². The number of rotatable bonds is 5. The van der Waals surface area contributed by atoms with Gasteiger partial charge in [0.15, 0.2) is 0 Å². The van der Waals surface area contributed by atoms with E-state index >= 15 is 0 Å². The number of ether oxygens (including phenoxy) is 1. The molecule has 0 aliphatic carbocycles. The van der Waals surface area contributed by atoms with Crippen LogP contribution in [0.1, 0.15) is 23.1 Å². The van der Waals surface area contributed by atoms with Gasteiger partial charge in [-0.05, 0) is 29.2 Å². The lowest BCUT2D eigenvalue weighted by Gasteiger charge is -2.17. The van der Waals surface area contributed by atoms with E-state index in [1.165, 1.54) is 16.7 Å². The highest BCUT2D eigenvalue weighted by Gasteiger charge is 2.31. The highest BCUT2D eigenvalue weighted by molar-refractivity contribution is 5.83. The van der Waals surface area contributed by atoms with Crippen molar-refractivity contribution < 1.29 is 9.53 Å². The van der Waals surface area contributed by atoms with Gasteiger partial charge in [0.25, 0.3) is 0 Å². The Balaban J connectivity index is 1.33. The van der Waals surface area contributed by atoms with Crippen molar-refractivity contribution in [2.45, 2.75) is 32.0 Å². The molecule has 4 heteroatoms. The van der Waals surface area contributed by atoms with Crippen LogP contribution >= 0.6 is 0 Å². The lowest BCUT2D eigenvalue weighted by Crippen LogP contribution is -2.37. The second-order valence-electron chi connectivity index (χ2n) is 6.51. The van der Waals surface area contributed by atoms with E-state index in [9.17, 15) is 4.79 Å². The number of carbonyl (C=O) groups is 1. The molecule has 1 fully saturated rings. The fraction of sp³-hybridized carbons (Fsp3) is 0.350. The third kappa shape index (κ3) is 3.15. The van der Waals surface area contributed by atoms with E-state index in [1.807, 2.05) is 29.2 Å². The summed E-state index contributed by atoms with van der Waals surface area (Å²) in [5.41, 5.74) is 3.68. The number of likely N-dealkylation sites (tertiary alicyclic amines) is 1. The van der Waals surface area contributed by atoms with Crippen molar-refractivity contribution in [2.75, 3.05) is 13.2 Å². The maximum absolute atomic E-state index is 12.6. The Kier molecular flexibility index (Phi) is 4.22. The van der Waals surface area contributed by atoms with Crippen LogP contribution in [0.25, 0.3) is 0 Å². The molecule has 124 valence electrons. The fourth-order valence-electron chi connectivity index (χ4n) is 3.48. The summed E-state index contributed by atoms with van der Waals surface area (Å²) in [6, 6.07) is 16.4. The summed E-state index contributed by atoms with van der Waals surface area (Å²) in [4.78, 5) is 14.5. The van der Waals surface area contributed by atoms with E-state index in [4.69, 9.17) is 4.74 Å². The highest BCUT2D eigenvalue weighted by atomic mass is 16.5. The molecule has 4 rings (SSSR count). The molecular formula is C20H22N2O2. The van der Waals surface area contributed by atoms with E-state index in [1.54, 1.807) is 0 Å². The molecule has 0 bridgehead atoms. The van der Waals surface area contributed by atoms with E-state index in [-0.39, 0.29) is 11.9 Å². The largest absolute Gasteiger partial charge is 0.493 e. The number of amides is 1. The summed E-state index contributed by atoms with van der Waals surface area (Å²) in [7, 11) is 0. The van der Waals surface area contributed by atoms with Gasteiger partial charge in [0.2, 0.25) is 5.91 Å². The van der Waals surface area contributed by atoms with Gasteiger partial charge >= 0.3 is 0 Å². The Morgan fingerprint density at radius 2 is 2.00 bits per heavy atom. The first-order chi connectivity index (χ1) is 11.8. The average Bonchev–Trinajstić information content (AvgIpc) is 3.21. The highest BCUT2D eigenvalue weighted by Crippen LogP contribution is 2.26. The molecule has 2 heterocycles. The molecule has 0 saturated carbocycles. The number of benzene rings is 2. The first-order valence-corrected chi connectivity index (χ1v) is 8.60. The van der Waals surface area contributed by atoms with Gasteiger partial charge < -0.3 is 15.0 Å². The maximum Gasteiger partial charge on any atom is 0.240 e. The van der Waals surface area contributed by atoms with Crippen LogP contribution in [0, 0.1) is 0 Å². The predicted molar refractivity (Wildman–Crippen MR) is 92.7 cm³/mol. The third-order valence-electron chi connectivity index (χ3n) is 4.82. The topological polar surface area (TPSA) is 41.6 Å². The first-order valence-electron chi connectivity index (χ1n) is 8.60. The van der Waals surface area contributed by atoms with Crippen LogP contribution in [-0.2, 0) is 24.3 Å². The molecule has 0 aromatic heterocycles. The number of nitrogens with zero attached hydrogens (tertiary/aromatic N) is 1. The number of carbonyl (C=O) groups excluding carboxylic acids is 1. The molecule has 2 aliphatic heterocycles. The summed E-state index contributed by atoms with van der Waals surface area (Å²) in [5.74, 6) is 1.22. The zero-order valence-corrected chi connectivity index (χ0v) is 13.7. The SMILES string of the molecule is O=C1[C@@H](NCc2ccc3c(c2)CCO3)CCN1Cc1ccccc1. The van der Waals surface area contributed by atoms with Crippen molar-refractivity contribution in [1.82, 2.24) is 10.2 Å². The quantitative estimate of drug-likeness (QED) is 0.920. The predicted octanol–water partition coefficient (Wildman–Crippen LogP) is 2.51. The van der Waals surface area contributed by atoms with Crippen molar-refractivity contribution >= 4 is 5.91 Å². The second kappa shape index (κ2) is 6.65. The minimum absolute atomic E-state index is 0.0711. The van der Waals surface area contributed by atoms with Gasteiger partial charge in [0.1, 0.15) is 5.75 Å². The van der Waals surface area contributed by atoms with Crippen molar-refractivity contribution in [3.63, 3.8) is 0 Å². The van der Waals surface area contributed by atoms with Gasteiger partial charge in [-0.1, -0.05) is 42.5 Å². The molecule has 2 aromatic carbocycles. The molecule has 2 aliphatic rings. The average molecular weight is 322 g/mol. The second-order valence-corrected chi connectivity index (χ2v) is 6.51. The molecule has 24 heavy (non-hydrogen) atoms. The number of fused-ring (bicyclic) bond motifs is 1. The van der Waals surface area contributed by atoms with Gasteiger partial charge in [-0.25, -0.2) is 0 Å². The molecule has 1 saturated heterocycles. The van der Waals surface area contributed by atoms with Crippen LogP contribution in [0.3, 0.4) is 0 Å². The Labute approximate surface area is 142 Å². The minimum Gasteiger partial charge on any atom is -0.493 e. The Morgan fingerprint density at radius 3 is 2.88 bits per heavy atom. The summed E-state index contributed by atoms with van der Waals surface area (Å²) in [6.07, 6.45) is 1.86. The number of hydrogen-bond donors (Lipinski definition) is 1. The minimum atomic E-state index is -0.0711. The van der Waals surface area contributed by atoms with Crippen LogP contribution in [0.15, 0.2) is 48.5 Å². The van der Waals surface area contributed by atoms with E-state index in [2.05, 4.69) is 29.6 Å². The molecule has 0 spiro atoms.